The van der Waals surface area contributed by atoms with Crippen LogP contribution < -0.4 is 5.32 Å². The molecule has 0 fully saturated rings. The molecule has 0 bridgehead atoms. The maximum atomic E-state index is 9.17. The molecular weight excluding hydrogens is 350 g/mol. The van der Waals surface area contributed by atoms with Gasteiger partial charge in [-0.15, -0.1) is 0 Å². The van der Waals surface area contributed by atoms with E-state index in [-0.39, 0.29) is 0 Å². The molecule has 104 valence electrons. The SMILES string of the molecule is N#Cc1cc(Br)ccc1NCc1c[nH]c2cc(Cl)ccc12. The second-order valence-corrected chi connectivity index (χ2v) is 6.01. The van der Waals surface area contributed by atoms with Crippen LogP contribution in [0.2, 0.25) is 5.02 Å². The largest absolute Gasteiger partial charge is 0.380 e. The normalized spacial score (nSPS) is 10.5. The summed E-state index contributed by atoms with van der Waals surface area (Å²) < 4.78 is 0.895. The van der Waals surface area contributed by atoms with Gasteiger partial charge in [-0.05, 0) is 35.9 Å². The van der Waals surface area contributed by atoms with Crippen LogP contribution in [-0.4, -0.2) is 4.98 Å². The van der Waals surface area contributed by atoms with E-state index < -0.39 is 0 Å². The number of nitrogens with zero attached hydrogens (tertiary/aromatic N) is 1. The van der Waals surface area contributed by atoms with E-state index in [0.717, 1.165) is 26.6 Å². The van der Waals surface area contributed by atoms with E-state index in [1.807, 2.05) is 36.5 Å². The van der Waals surface area contributed by atoms with Gasteiger partial charge in [0.15, 0.2) is 0 Å². The fourth-order valence-corrected chi connectivity index (χ4v) is 2.79. The van der Waals surface area contributed by atoms with Gasteiger partial charge in [0.1, 0.15) is 6.07 Å². The van der Waals surface area contributed by atoms with Crippen molar-refractivity contribution >= 4 is 44.1 Å². The Morgan fingerprint density at radius 3 is 2.90 bits per heavy atom. The van der Waals surface area contributed by atoms with Crippen molar-refractivity contribution in [3.63, 3.8) is 0 Å². The first-order valence-corrected chi connectivity index (χ1v) is 7.53. The molecule has 3 nitrogen and oxygen atoms in total. The molecular formula is C16H11BrClN3. The number of aromatic nitrogens is 1. The highest BCUT2D eigenvalue weighted by Gasteiger charge is 2.06. The average molecular weight is 361 g/mol. The first-order valence-electron chi connectivity index (χ1n) is 6.36. The first kappa shape index (κ1) is 14.0. The Bertz CT molecular complexity index is 848. The van der Waals surface area contributed by atoms with E-state index in [2.05, 4.69) is 32.3 Å². The van der Waals surface area contributed by atoms with Crippen LogP contribution in [0.15, 0.2) is 47.1 Å². The predicted octanol–water partition coefficient (Wildman–Crippen LogP) is 5.07. The first-order chi connectivity index (χ1) is 10.2. The summed E-state index contributed by atoms with van der Waals surface area (Å²) in [7, 11) is 0. The molecule has 0 aliphatic carbocycles. The van der Waals surface area contributed by atoms with Crippen LogP contribution in [0.4, 0.5) is 5.69 Å². The molecule has 1 aromatic heterocycles. The van der Waals surface area contributed by atoms with Crippen molar-refractivity contribution in [3.05, 3.63) is 63.2 Å². The highest BCUT2D eigenvalue weighted by atomic mass is 79.9. The van der Waals surface area contributed by atoms with E-state index in [9.17, 15) is 5.26 Å². The number of nitriles is 1. The van der Waals surface area contributed by atoms with Crippen LogP contribution in [-0.2, 0) is 6.54 Å². The fraction of sp³-hybridized carbons (Fsp3) is 0.0625. The van der Waals surface area contributed by atoms with E-state index in [4.69, 9.17) is 11.6 Å². The molecule has 0 radical (unpaired) electrons. The molecule has 0 atom stereocenters. The van der Waals surface area contributed by atoms with Crippen molar-refractivity contribution in [1.29, 1.82) is 5.26 Å². The van der Waals surface area contributed by atoms with Gasteiger partial charge in [-0.2, -0.15) is 5.26 Å². The number of benzene rings is 2. The number of H-pyrrole nitrogens is 1. The lowest BCUT2D eigenvalue weighted by Crippen LogP contribution is -2.00. The van der Waals surface area contributed by atoms with Gasteiger partial charge in [-0.1, -0.05) is 33.6 Å². The minimum Gasteiger partial charge on any atom is -0.380 e. The molecule has 0 unspecified atom stereocenters. The summed E-state index contributed by atoms with van der Waals surface area (Å²) >= 11 is 9.35. The summed E-state index contributed by atoms with van der Waals surface area (Å²) in [6.07, 6.45) is 1.96. The number of fused-ring (bicyclic) bond motifs is 1. The summed E-state index contributed by atoms with van der Waals surface area (Å²) in [6, 6.07) is 13.6. The predicted molar refractivity (Wildman–Crippen MR) is 89.5 cm³/mol. The standard InChI is InChI=1S/C16H11BrClN3/c17-12-1-4-15(10(5-12)7-19)20-8-11-9-21-16-6-13(18)2-3-14(11)16/h1-6,9,20-21H,8H2. The zero-order chi connectivity index (χ0) is 14.8. The lowest BCUT2D eigenvalue weighted by atomic mass is 10.1. The van der Waals surface area contributed by atoms with Crippen LogP contribution in [0.3, 0.4) is 0 Å². The second-order valence-electron chi connectivity index (χ2n) is 4.66. The second kappa shape index (κ2) is 5.80. The third-order valence-electron chi connectivity index (χ3n) is 3.30. The van der Waals surface area contributed by atoms with Crippen molar-refractivity contribution in [2.24, 2.45) is 0 Å². The lowest BCUT2D eigenvalue weighted by Gasteiger charge is -2.08. The Hall–Kier alpha value is -1.96. The topological polar surface area (TPSA) is 51.6 Å². The molecule has 21 heavy (non-hydrogen) atoms. The molecule has 0 aliphatic heterocycles. The molecule has 3 rings (SSSR count). The van der Waals surface area contributed by atoms with Crippen LogP contribution in [0, 0.1) is 11.3 Å². The number of nitrogens with one attached hydrogen (secondary N) is 2. The summed E-state index contributed by atoms with van der Waals surface area (Å²) in [5.41, 5.74) is 3.58. The summed E-state index contributed by atoms with van der Waals surface area (Å²) in [5, 5.41) is 14.3. The smallest absolute Gasteiger partial charge is 0.101 e. The van der Waals surface area contributed by atoms with Crippen LogP contribution in [0.5, 0.6) is 0 Å². The summed E-state index contributed by atoms with van der Waals surface area (Å²) in [5.74, 6) is 0. The lowest BCUT2D eigenvalue weighted by molar-refractivity contribution is 1.16. The molecule has 3 aromatic rings. The highest BCUT2D eigenvalue weighted by molar-refractivity contribution is 9.10. The Labute approximate surface area is 135 Å². The Morgan fingerprint density at radius 2 is 2.10 bits per heavy atom. The highest BCUT2D eigenvalue weighted by Crippen LogP contribution is 2.24. The average Bonchev–Trinajstić information content (AvgIpc) is 2.88. The number of rotatable bonds is 3. The Kier molecular flexibility index (Phi) is 3.87. The number of hydrogen-bond acceptors (Lipinski definition) is 2. The van der Waals surface area contributed by atoms with E-state index in [1.165, 1.54) is 0 Å². The van der Waals surface area contributed by atoms with Gasteiger partial charge in [0, 0.05) is 33.1 Å². The third kappa shape index (κ3) is 2.90. The molecule has 0 aliphatic rings. The van der Waals surface area contributed by atoms with Gasteiger partial charge in [-0.3, -0.25) is 0 Å². The molecule has 5 heteroatoms. The van der Waals surface area contributed by atoms with Crippen molar-refractivity contribution in [1.82, 2.24) is 4.98 Å². The van der Waals surface area contributed by atoms with E-state index in [0.29, 0.717) is 17.1 Å². The molecule has 0 spiro atoms. The van der Waals surface area contributed by atoms with Crippen LogP contribution in [0.25, 0.3) is 10.9 Å². The molecule has 0 amide bonds. The van der Waals surface area contributed by atoms with Gasteiger partial charge >= 0.3 is 0 Å². The molecule has 2 aromatic carbocycles. The van der Waals surface area contributed by atoms with Crippen molar-refractivity contribution in [2.75, 3.05) is 5.32 Å². The van der Waals surface area contributed by atoms with Gasteiger partial charge in [-0.25, -0.2) is 0 Å². The Morgan fingerprint density at radius 1 is 1.24 bits per heavy atom. The minimum absolute atomic E-state index is 0.618. The number of anilines is 1. The molecule has 1 heterocycles. The van der Waals surface area contributed by atoms with Crippen LogP contribution in [0.1, 0.15) is 11.1 Å². The molecule has 2 N–H and O–H groups in total. The maximum absolute atomic E-state index is 9.17. The fourth-order valence-electron chi connectivity index (χ4n) is 2.26. The maximum Gasteiger partial charge on any atom is 0.101 e. The van der Waals surface area contributed by atoms with Crippen molar-refractivity contribution in [2.45, 2.75) is 6.54 Å². The molecule has 0 saturated carbocycles. The zero-order valence-electron chi connectivity index (χ0n) is 11.0. The molecule has 0 saturated heterocycles. The number of halogens is 2. The third-order valence-corrected chi connectivity index (χ3v) is 4.03. The Balaban J connectivity index is 1.86. The zero-order valence-corrected chi connectivity index (χ0v) is 13.3. The number of aromatic amines is 1. The monoisotopic (exact) mass is 359 g/mol. The van der Waals surface area contributed by atoms with Crippen LogP contribution >= 0.6 is 27.5 Å². The van der Waals surface area contributed by atoms with Gasteiger partial charge in [0.25, 0.3) is 0 Å². The van der Waals surface area contributed by atoms with Gasteiger partial charge < -0.3 is 10.3 Å². The van der Waals surface area contributed by atoms with Crippen molar-refractivity contribution < 1.29 is 0 Å². The van der Waals surface area contributed by atoms with E-state index in [1.54, 1.807) is 6.07 Å². The summed E-state index contributed by atoms with van der Waals surface area (Å²) in [4.78, 5) is 3.21. The minimum atomic E-state index is 0.618. The number of hydrogen-bond donors (Lipinski definition) is 2. The van der Waals surface area contributed by atoms with E-state index >= 15 is 0 Å². The van der Waals surface area contributed by atoms with Gasteiger partial charge in [0.05, 0.1) is 11.3 Å². The van der Waals surface area contributed by atoms with Gasteiger partial charge in [0.2, 0.25) is 0 Å². The quantitative estimate of drug-likeness (QED) is 0.685. The van der Waals surface area contributed by atoms with Crippen molar-refractivity contribution in [3.8, 4) is 6.07 Å². The summed E-state index contributed by atoms with van der Waals surface area (Å²) in [6.45, 7) is 0.637.